The van der Waals surface area contributed by atoms with Gasteiger partial charge in [0, 0.05) is 16.3 Å². The van der Waals surface area contributed by atoms with E-state index >= 15 is 0 Å². The number of halogens is 2. The van der Waals surface area contributed by atoms with E-state index in [1.807, 2.05) is 13.0 Å². The number of carbonyl (C=O) groups excluding carboxylic acids is 1. The highest BCUT2D eigenvalue weighted by Gasteiger charge is 2.21. The highest BCUT2D eigenvalue weighted by atomic mass is 79.9. The SMILES string of the molecule is CC(NC(=O)c1ccc(Cl)c(S(C)(=O)=O)c1)c1cc2c(cc1Br)OCCO2. The summed E-state index contributed by atoms with van der Waals surface area (Å²) in [4.78, 5) is 12.5. The number of hydrogen-bond acceptors (Lipinski definition) is 5. The maximum Gasteiger partial charge on any atom is 0.251 e. The van der Waals surface area contributed by atoms with E-state index in [0.717, 1.165) is 16.3 Å². The Kier molecular flexibility index (Phi) is 5.69. The van der Waals surface area contributed by atoms with Crippen LogP contribution in [0.3, 0.4) is 0 Å². The minimum atomic E-state index is -3.54. The number of benzene rings is 2. The van der Waals surface area contributed by atoms with Gasteiger partial charge in [-0.15, -0.1) is 0 Å². The lowest BCUT2D eigenvalue weighted by molar-refractivity contribution is 0.0939. The summed E-state index contributed by atoms with van der Waals surface area (Å²) < 4.78 is 35.5. The third-order valence-electron chi connectivity index (χ3n) is 4.07. The molecule has 1 amide bonds. The third kappa shape index (κ3) is 4.39. The zero-order valence-electron chi connectivity index (χ0n) is 14.6. The molecule has 2 aromatic rings. The molecular formula is C18H17BrClNO5S. The van der Waals surface area contributed by atoms with Gasteiger partial charge in [-0.05, 0) is 42.8 Å². The molecule has 0 fully saturated rings. The number of hydrogen-bond donors (Lipinski definition) is 1. The highest BCUT2D eigenvalue weighted by molar-refractivity contribution is 9.10. The average molecular weight is 475 g/mol. The van der Waals surface area contributed by atoms with Crippen LogP contribution in [0, 0.1) is 0 Å². The highest BCUT2D eigenvalue weighted by Crippen LogP contribution is 2.37. The van der Waals surface area contributed by atoms with Crippen LogP contribution in [0.1, 0.15) is 28.9 Å². The van der Waals surface area contributed by atoms with Crippen LogP contribution in [-0.2, 0) is 9.84 Å². The minimum absolute atomic E-state index is 0.0787. The molecule has 0 saturated heterocycles. The third-order valence-corrected chi connectivity index (χ3v) is 6.33. The van der Waals surface area contributed by atoms with Crippen molar-refractivity contribution in [3.8, 4) is 11.5 Å². The molecule has 27 heavy (non-hydrogen) atoms. The van der Waals surface area contributed by atoms with E-state index in [4.69, 9.17) is 21.1 Å². The van der Waals surface area contributed by atoms with Gasteiger partial charge in [0.05, 0.1) is 16.0 Å². The monoisotopic (exact) mass is 473 g/mol. The van der Waals surface area contributed by atoms with Crippen LogP contribution in [0.25, 0.3) is 0 Å². The molecule has 1 aliphatic rings. The lowest BCUT2D eigenvalue weighted by atomic mass is 10.1. The van der Waals surface area contributed by atoms with E-state index in [-0.39, 0.29) is 21.5 Å². The molecule has 1 atom stereocenters. The van der Waals surface area contributed by atoms with Crippen molar-refractivity contribution in [2.24, 2.45) is 0 Å². The van der Waals surface area contributed by atoms with Crippen LogP contribution < -0.4 is 14.8 Å². The first-order valence-corrected chi connectivity index (χ1v) is 11.1. The molecule has 2 aromatic carbocycles. The topological polar surface area (TPSA) is 81.7 Å². The van der Waals surface area contributed by atoms with Crippen molar-refractivity contribution in [3.63, 3.8) is 0 Å². The molecule has 3 rings (SSSR count). The summed E-state index contributed by atoms with van der Waals surface area (Å²) in [5.41, 5.74) is 1.02. The van der Waals surface area contributed by atoms with Crippen molar-refractivity contribution in [2.75, 3.05) is 19.5 Å². The number of sulfone groups is 1. The fourth-order valence-electron chi connectivity index (χ4n) is 2.70. The maximum atomic E-state index is 12.6. The van der Waals surface area contributed by atoms with Gasteiger partial charge in [-0.2, -0.15) is 0 Å². The summed E-state index contributed by atoms with van der Waals surface area (Å²) in [5, 5.41) is 2.94. The van der Waals surface area contributed by atoms with Crippen LogP contribution in [-0.4, -0.2) is 33.8 Å². The largest absolute Gasteiger partial charge is 0.486 e. The van der Waals surface area contributed by atoms with Gasteiger partial charge in [0.25, 0.3) is 5.91 Å². The summed E-state index contributed by atoms with van der Waals surface area (Å²) in [6.45, 7) is 2.78. The maximum absolute atomic E-state index is 12.6. The molecule has 0 saturated carbocycles. The van der Waals surface area contributed by atoms with Gasteiger partial charge >= 0.3 is 0 Å². The summed E-state index contributed by atoms with van der Waals surface area (Å²) in [6.07, 6.45) is 1.05. The van der Waals surface area contributed by atoms with Crippen LogP contribution in [0.15, 0.2) is 39.7 Å². The zero-order chi connectivity index (χ0) is 19.8. The van der Waals surface area contributed by atoms with Crippen molar-refractivity contribution in [1.29, 1.82) is 0 Å². The molecule has 0 spiro atoms. The van der Waals surface area contributed by atoms with Crippen LogP contribution in [0.4, 0.5) is 0 Å². The number of rotatable bonds is 4. The average Bonchev–Trinajstić information content (AvgIpc) is 2.60. The second-order valence-corrected chi connectivity index (χ2v) is 9.38. The van der Waals surface area contributed by atoms with E-state index in [1.165, 1.54) is 18.2 Å². The first-order valence-electron chi connectivity index (χ1n) is 8.06. The number of carbonyl (C=O) groups is 1. The Morgan fingerprint density at radius 3 is 2.44 bits per heavy atom. The number of fused-ring (bicyclic) bond motifs is 1. The molecule has 1 aliphatic heterocycles. The van der Waals surface area contributed by atoms with Crippen LogP contribution in [0.5, 0.6) is 11.5 Å². The normalized spacial score (nSPS) is 14.5. The molecule has 9 heteroatoms. The lowest BCUT2D eigenvalue weighted by Gasteiger charge is -2.22. The van der Waals surface area contributed by atoms with E-state index in [0.29, 0.717) is 24.7 Å². The summed E-state index contributed by atoms with van der Waals surface area (Å²) in [7, 11) is -3.54. The molecule has 144 valence electrons. The summed E-state index contributed by atoms with van der Waals surface area (Å²) in [5.74, 6) is 0.850. The van der Waals surface area contributed by atoms with E-state index in [1.54, 1.807) is 6.07 Å². The van der Waals surface area contributed by atoms with Crippen molar-refractivity contribution in [2.45, 2.75) is 17.9 Å². The van der Waals surface area contributed by atoms with Gasteiger partial charge < -0.3 is 14.8 Å². The Bertz CT molecular complexity index is 1010. The van der Waals surface area contributed by atoms with Gasteiger partial charge in [-0.1, -0.05) is 27.5 Å². The lowest BCUT2D eigenvalue weighted by Crippen LogP contribution is -2.27. The molecular weight excluding hydrogens is 458 g/mol. The molecule has 6 nitrogen and oxygen atoms in total. The number of amides is 1. The molecule has 0 radical (unpaired) electrons. The van der Waals surface area contributed by atoms with Gasteiger partial charge in [0.2, 0.25) is 0 Å². The molecule has 0 aliphatic carbocycles. The van der Waals surface area contributed by atoms with E-state index < -0.39 is 15.7 Å². The van der Waals surface area contributed by atoms with Crippen LogP contribution >= 0.6 is 27.5 Å². The summed E-state index contributed by atoms with van der Waals surface area (Å²) >= 11 is 9.42. The fourth-order valence-corrected chi connectivity index (χ4v) is 4.67. The molecule has 0 aromatic heterocycles. The number of ether oxygens (including phenoxy) is 2. The number of nitrogens with one attached hydrogen (secondary N) is 1. The van der Waals surface area contributed by atoms with E-state index in [9.17, 15) is 13.2 Å². The Balaban J connectivity index is 1.84. The molecule has 1 N–H and O–H groups in total. The van der Waals surface area contributed by atoms with Crippen molar-refractivity contribution < 1.29 is 22.7 Å². The second kappa shape index (κ2) is 7.69. The van der Waals surface area contributed by atoms with E-state index in [2.05, 4.69) is 21.2 Å². The summed E-state index contributed by atoms with van der Waals surface area (Å²) in [6, 6.07) is 7.41. The Hall–Kier alpha value is -1.77. The Morgan fingerprint density at radius 1 is 1.19 bits per heavy atom. The quantitative estimate of drug-likeness (QED) is 0.729. The predicted molar refractivity (Wildman–Crippen MR) is 106 cm³/mol. The second-order valence-electron chi connectivity index (χ2n) is 6.13. The van der Waals surface area contributed by atoms with Gasteiger partial charge in [-0.3, -0.25) is 4.79 Å². The molecule has 1 unspecified atom stereocenters. The Labute approximate surface area is 170 Å². The Morgan fingerprint density at radius 2 is 1.81 bits per heavy atom. The molecule has 0 bridgehead atoms. The first kappa shape index (κ1) is 20.0. The first-order chi connectivity index (χ1) is 12.7. The van der Waals surface area contributed by atoms with Crippen molar-refractivity contribution >= 4 is 43.3 Å². The van der Waals surface area contributed by atoms with Gasteiger partial charge in [0.1, 0.15) is 13.2 Å². The standard InChI is InChI=1S/C18H17BrClNO5S/c1-10(12-8-15-16(9-13(12)19)26-6-5-25-15)21-18(22)11-3-4-14(20)17(7-11)27(2,23)24/h3-4,7-10H,5-6H2,1-2H3,(H,21,22). The minimum Gasteiger partial charge on any atom is -0.486 e. The van der Waals surface area contributed by atoms with Gasteiger partial charge in [-0.25, -0.2) is 8.42 Å². The van der Waals surface area contributed by atoms with Crippen molar-refractivity contribution in [3.05, 3.63) is 51.0 Å². The zero-order valence-corrected chi connectivity index (χ0v) is 17.7. The predicted octanol–water partition coefficient (Wildman–Crippen LogP) is 3.77. The smallest absolute Gasteiger partial charge is 0.251 e. The molecule has 1 heterocycles. The van der Waals surface area contributed by atoms with Gasteiger partial charge in [0.15, 0.2) is 21.3 Å². The van der Waals surface area contributed by atoms with Crippen LogP contribution in [0.2, 0.25) is 5.02 Å². The van der Waals surface area contributed by atoms with Crippen molar-refractivity contribution in [1.82, 2.24) is 5.32 Å². The fraction of sp³-hybridized carbons (Fsp3) is 0.278.